The molecule has 0 spiro atoms. The number of Topliss-reactive ketones (excluding diaryl/α,β-unsaturated/α-hetero) is 2. The fraction of sp³-hybridized carbons (Fsp3) is 0.553. The third-order valence-corrected chi connectivity index (χ3v) is 12.5. The lowest BCUT2D eigenvalue weighted by Crippen LogP contribution is -2.48. The number of aromatic nitrogens is 1. The monoisotopic (exact) mass is 689 g/mol. The molecule has 10 nitrogen and oxygen atoms in total. The molecule has 3 fully saturated rings. The van der Waals surface area contributed by atoms with Crippen LogP contribution in [0.2, 0.25) is 0 Å². The number of sulfonamides is 1. The number of hydrogen-bond donors (Lipinski definition) is 1. The molecule has 4 bridgehead atoms. The maximum atomic E-state index is 14.5. The van der Waals surface area contributed by atoms with Crippen molar-refractivity contribution < 1.29 is 32.3 Å². The molecule has 262 valence electrons. The molecule has 6 rings (SSSR count). The molecule has 1 aromatic heterocycles. The number of hydrogen-bond acceptors (Lipinski definition) is 8. The molecule has 3 heterocycles. The van der Waals surface area contributed by atoms with Crippen LogP contribution in [0.5, 0.6) is 5.88 Å². The van der Waals surface area contributed by atoms with Crippen LogP contribution in [0.25, 0.3) is 16.8 Å². The number of nitrogens with one attached hydrogen (secondary N) is 1. The number of amides is 2. The molecule has 2 amide bonds. The van der Waals surface area contributed by atoms with Crippen LogP contribution in [0.3, 0.4) is 0 Å². The van der Waals surface area contributed by atoms with Crippen molar-refractivity contribution in [2.45, 2.75) is 102 Å². The summed E-state index contributed by atoms with van der Waals surface area (Å²) in [4.78, 5) is 61.6. The average Bonchev–Trinajstić information content (AvgIpc) is 3.97. The van der Waals surface area contributed by atoms with Crippen LogP contribution >= 0.6 is 0 Å². The van der Waals surface area contributed by atoms with Crippen LogP contribution in [-0.2, 0) is 29.2 Å². The Balaban J connectivity index is 1.33. The van der Waals surface area contributed by atoms with E-state index in [-0.39, 0.29) is 49.2 Å². The smallest absolute Gasteiger partial charge is 0.240 e. The highest BCUT2D eigenvalue weighted by Crippen LogP contribution is 2.57. The van der Waals surface area contributed by atoms with Gasteiger partial charge in [-0.15, -0.1) is 6.58 Å². The van der Waals surface area contributed by atoms with Crippen LogP contribution in [0.15, 0.2) is 49.2 Å². The summed E-state index contributed by atoms with van der Waals surface area (Å²) >= 11 is 0. The van der Waals surface area contributed by atoms with Gasteiger partial charge in [0, 0.05) is 43.2 Å². The molecular weight excluding hydrogens is 642 g/mol. The van der Waals surface area contributed by atoms with E-state index in [0.717, 1.165) is 29.2 Å². The van der Waals surface area contributed by atoms with Gasteiger partial charge in [0.05, 0.1) is 23.3 Å². The van der Waals surface area contributed by atoms with E-state index < -0.39 is 50.1 Å². The van der Waals surface area contributed by atoms with Gasteiger partial charge in [-0.05, 0) is 72.9 Å². The van der Waals surface area contributed by atoms with Crippen LogP contribution in [0, 0.1) is 22.7 Å². The minimum absolute atomic E-state index is 0.0103. The molecule has 0 unspecified atom stereocenters. The molecule has 49 heavy (non-hydrogen) atoms. The van der Waals surface area contributed by atoms with E-state index in [1.165, 1.54) is 4.90 Å². The Morgan fingerprint density at radius 1 is 1.16 bits per heavy atom. The summed E-state index contributed by atoms with van der Waals surface area (Å²) < 4.78 is 34.1. The number of pyridine rings is 1. The second-order valence-electron chi connectivity index (χ2n) is 15.4. The number of rotatable bonds is 7. The lowest BCUT2D eigenvalue weighted by molar-refractivity contribution is -0.146. The van der Waals surface area contributed by atoms with E-state index in [4.69, 9.17) is 4.74 Å². The quantitative estimate of drug-likeness (QED) is 0.374. The predicted molar refractivity (Wildman–Crippen MR) is 187 cm³/mol. The molecular formula is C38H47N3O7S. The second kappa shape index (κ2) is 13.5. The van der Waals surface area contributed by atoms with Crippen molar-refractivity contribution in [3.8, 4) is 5.88 Å². The summed E-state index contributed by atoms with van der Waals surface area (Å²) in [6.07, 6.45) is 10.9. The number of carbonyl (C=O) groups excluding carboxylic acids is 4. The molecule has 1 aromatic carbocycles. The highest BCUT2D eigenvalue weighted by molar-refractivity contribution is 7.90. The van der Waals surface area contributed by atoms with Gasteiger partial charge in [-0.1, -0.05) is 51.1 Å². The molecule has 2 saturated carbocycles. The Labute approximate surface area is 288 Å². The molecule has 11 heteroatoms. The van der Waals surface area contributed by atoms with Crippen molar-refractivity contribution >= 4 is 50.3 Å². The van der Waals surface area contributed by atoms with E-state index in [0.29, 0.717) is 38.0 Å². The first-order valence-electron chi connectivity index (χ1n) is 17.5. The molecule has 0 radical (unpaired) electrons. The first-order chi connectivity index (χ1) is 23.2. The van der Waals surface area contributed by atoms with E-state index in [2.05, 4.69) is 28.4 Å². The summed E-state index contributed by atoms with van der Waals surface area (Å²) in [6.45, 7) is 9.71. The van der Waals surface area contributed by atoms with Crippen LogP contribution in [0.1, 0.15) is 90.5 Å². The fourth-order valence-electron chi connectivity index (χ4n) is 7.35. The topological polar surface area (TPSA) is 140 Å². The number of ether oxygens (including phenoxy) is 1. The fourth-order valence-corrected chi connectivity index (χ4v) is 8.74. The summed E-state index contributed by atoms with van der Waals surface area (Å²) in [5.74, 6) is -1.96. The van der Waals surface area contributed by atoms with Crippen molar-refractivity contribution in [1.82, 2.24) is 14.6 Å². The van der Waals surface area contributed by atoms with Gasteiger partial charge in [-0.3, -0.25) is 23.9 Å². The van der Waals surface area contributed by atoms with Crippen molar-refractivity contribution in [3.05, 3.63) is 54.8 Å². The number of benzene rings is 1. The van der Waals surface area contributed by atoms with Crippen LogP contribution < -0.4 is 9.46 Å². The summed E-state index contributed by atoms with van der Waals surface area (Å²) in [7, 11) is -3.82. The third-order valence-electron chi connectivity index (χ3n) is 10.7. The highest BCUT2D eigenvalue weighted by atomic mass is 32.2. The van der Waals surface area contributed by atoms with Gasteiger partial charge in [0.1, 0.15) is 11.9 Å². The maximum Gasteiger partial charge on any atom is 0.240 e. The van der Waals surface area contributed by atoms with E-state index >= 15 is 0 Å². The van der Waals surface area contributed by atoms with Crippen LogP contribution in [0.4, 0.5) is 0 Å². The minimum Gasteiger partial charge on any atom is -0.472 e. The number of nitrogens with zero attached hydrogens (tertiary/aromatic N) is 2. The van der Waals surface area contributed by atoms with Gasteiger partial charge >= 0.3 is 0 Å². The third kappa shape index (κ3) is 7.51. The van der Waals surface area contributed by atoms with Gasteiger partial charge in [0.15, 0.2) is 5.78 Å². The Morgan fingerprint density at radius 2 is 1.94 bits per heavy atom. The molecule has 2 aliphatic carbocycles. The lowest BCUT2D eigenvalue weighted by atomic mass is 9.76. The number of carbonyl (C=O) groups is 4. The van der Waals surface area contributed by atoms with Crippen molar-refractivity contribution in [2.75, 3.05) is 6.54 Å². The summed E-state index contributed by atoms with van der Waals surface area (Å²) in [5, 5.41) is 1.17. The zero-order chi connectivity index (χ0) is 35.1. The van der Waals surface area contributed by atoms with E-state index in [1.54, 1.807) is 12.3 Å². The van der Waals surface area contributed by atoms with Gasteiger partial charge in [-0.25, -0.2) is 13.4 Å². The minimum atomic E-state index is -3.82. The summed E-state index contributed by atoms with van der Waals surface area (Å²) in [5.41, 5.74) is -0.833. The van der Waals surface area contributed by atoms with Crippen molar-refractivity contribution in [1.29, 1.82) is 0 Å². The maximum absolute atomic E-state index is 14.5. The van der Waals surface area contributed by atoms with Crippen LogP contribution in [-0.4, -0.2) is 65.6 Å². The van der Waals surface area contributed by atoms with E-state index in [1.807, 2.05) is 45.0 Å². The number of fused-ring (bicyclic) bond motifs is 3. The standard InChI is InChI=1S/C38H47N3O7S/c1-5-26-21-38(26,36(45)40-49(46,47)29-14-15-29)22-33(43)32-20-28-23-41(32)35(44)31(37(2,3)4)19-27(42)11-9-7-6-8-10-24-12-13-25-16-17-39-34(48-28)30(25)18-24/h5,8,10,12-13,16-18,26,28-29,31-32H,1,6-7,9,11,14-15,19-23H2,2-4H3,(H,40,45)/b10-8+/t26-,28-,31-,32+,38-/m1/s1. The largest absolute Gasteiger partial charge is 0.472 e. The van der Waals surface area contributed by atoms with E-state index in [9.17, 15) is 27.6 Å². The Kier molecular flexibility index (Phi) is 9.61. The summed E-state index contributed by atoms with van der Waals surface area (Å²) in [6, 6.07) is 7.02. The molecule has 5 atom stereocenters. The van der Waals surface area contributed by atoms with Crippen molar-refractivity contribution in [2.24, 2.45) is 22.7 Å². The Bertz CT molecular complexity index is 1810. The average molecular weight is 690 g/mol. The van der Waals surface area contributed by atoms with Gasteiger partial charge in [-0.2, -0.15) is 0 Å². The predicted octanol–water partition coefficient (Wildman–Crippen LogP) is 5.55. The highest BCUT2D eigenvalue weighted by Gasteiger charge is 2.61. The van der Waals surface area contributed by atoms with Gasteiger partial charge in [0.25, 0.3) is 0 Å². The molecule has 1 saturated heterocycles. The lowest BCUT2D eigenvalue weighted by Gasteiger charge is -2.35. The molecule has 2 aromatic rings. The van der Waals surface area contributed by atoms with Crippen molar-refractivity contribution in [3.63, 3.8) is 0 Å². The second-order valence-corrected chi connectivity index (χ2v) is 17.4. The molecule has 4 aliphatic rings. The first-order valence-corrected chi connectivity index (χ1v) is 19.0. The first kappa shape index (κ1) is 35.0. The molecule has 1 N–H and O–H groups in total. The van der Waals surface area contributed by atoms with Gasteiger partial charge in [0.2, 0.25) is 27.7 Å². The molecule has 2 aliphatic heterocycles. The zero-order valence-corrected chi connectivity index (χ0v) is 29.5. The number of ketones is 2. The number of allylic oxidation sites excluding steroid dienone is 2. The Hall–Kier alpha value is -3.86. The Morgan fingerprint density at radius 3 is 2.63 bits per heavy atom. The SMILES string of the molecule is C=C[C@@H]1C[C@]1(CC(=O)[C@@H]1C[C@@H]2CN1C(=O)[C@H](C(C)(C)C)CC(=O)CCCC/C=C/c1ccc3ccnc(c3c1)O2)C(=O)NS(=O)(=O)C1CC1. The normalized spacial score (nSPS) is 28.8. The zero-order valence-electron chi connectivity index (χ0n) is 28.7. The van der Waals surface area contributed by atoms with Gasteiger partial charge < -0.3 is 9.64 Å².